The van der Waals surface area contributed by atoms with E-state index in [1.54, 1.807) is 6.20 Å². The lowest BCUT2D eigenvalue weighted by Crippen LogP contribution is -2.05. The fourth-order valence-corrected chi connectivity index (χ4v) is 1.86. The zero-order chi connectivity index (χ0) is 11.5. The fraction of sp³-hybridized carbons (Fsp3) is 0.308. The molecule has 0 atom stereocenters. The van der Waals surface area contributed by atoms with Crippen LogP contribution >= 0.6 is 15.9 Å². The number of aromatic nitrogens is 1. The van der Waals surface area contributed by atoms with E-state index in [4.69, 9.17) is 4.74 Å². The van der Waals surface area contributed by atoms with Crippen molar-refractivity contribution in [3.8, 4) is 5.88 Å². The zero-order valence-electron chi connectivity index (χ0n) is 9.40. The predicted molar refractivity (Wildman–Crippen MR) is 69.8 cm³/mol. The molecule has 1 heterocycles. The minimum absolute atomic E-state index is 0.507. The first-order valence-electron chi connectivity index (χ1n) is 5.34. The summed E-state index contributed by atoms with van der Waals surface area (Å²) in [6, 6.07) is 8.09. The molecule has 16 heavy (non-hydrogen) atoms. The minimum atomic E-state index is 0.507. The molecular weight excluding hydrogens is 266 g/mol. The maximum Gasteiger partial charge on any atom is 0.221 e. The number of pyridine rings is 1. The van der Waals surface area contributed by atoms with Crippen LogP contribution in [0.5, 0.6) is 5.88 Å². The highest BCUT2D eigenvalue weighted by Gasteiger charge is 2.04. The summed E-state index contributed by atoms with van der Waals surface area (Å²) in [7, 11) is 0. The summed E-state index contributed by atoms with van der Waals surface area (Å²) in [6.45, 7) is 4.95. The Morgan fingerprint density at radius 1 is 1.31 bits per heavy atom. The van der Waals surface area contributed by atoms with Crippen molar-refractivity contribution in [1.29, 1.82) is 0 Å². The van der Waals surface area contributed by atoms with Crippen LogP contribution in [-0.2, 0) is 0 Å². The van der Waals surface area contributed by atoms with Gasteiger partial charge in [-0.1, -0.05) is 29.8 Å². The van der Waals surface area contributed by atoms with Gasteiger partial charge in [-0.05, 0) is 35.6 Å². The Hall–Kier alpha value is -1.09. The average Bonchev–Trinajstić information content (AvgIpc) is 2.25. The third-order valence-electron chi connectivity index (χ3n) is 2.24. The molecule has 0 fully saturated rings. The maximum absolute atomic E-state index is 5.69. The molecule has 1 aromatic heterocycles. The van der Waals surface area contributed by atoms with Crippen LogP contribution in [0.4, 0.5) is 0 Å². The van der Waals surface area contributed by atoms with Gasteiger partial charge in [0.25, 0.3) is 0 Å². The second kappa shape index (κ2) is 4.83. The van der Waals surface area contributed by atoms with Gasteiger partial charge in [-0.3, -0.25) is 0 Å². The van der Waals surface area contributed by atoms with Crippen molar-refractivity contribution >= 4 is 26.7 Å². The molecule has 0 amide bonds. The lowest BCUT2D eigenvalue weighted by atomic mass is 10.2. The first-order chi connectivity index (χ1) is 7.66. The Kier molecular flexibility index (Phi) is 3.44. The van der Waals surface area contributed by atoms with Gasteiger partial charge < -0.3 is 4.74 Å². The van der Waals surface area contributed by atoms with Gasteiger partial charge in [0.15, 0.2) is 0 Å². The highest BCUT2D eigenvalue weighted by molar-refractivity contribution is 9.10. The van der Waals surface area contributed by atoms with Gasteiger partial charge >= 0.3 is 0 Å². The molecule has 84 valence electrons. The zero-order valence-corrected chi connectivity index (χ0v) is 11.0. The first kappa shape index (κ1) is 11.4. The van der Waals surface area contributed by atoms with E-state index in [-0.39, 0.29) is 0 Å². The Labute approximate surface area is 104 Å². The van der Waals surface area contributed by atoms with Crippen LogP contribution < -0.4 is 4.74 Å². The summed E-state index contributed by atoms with van der Waals surface area (Å²) in [4.78, 5) is 4.27. The van der Waals surface area contributed by atoms with E-state index in [1.165, 1.54) is 0 Å². The molecule has 0 spiro atoms. The number of ether oxygens (including phenoxy) is 1. The van der Waals surface area contributed by atoms with Crippen molar-refractivity contribution in [3.63, 3.8) is 0 Å². The number of fused-ring (bicyclic) bond motifs is 1. The summed E-state index contributed by atoms with van der Waals surface area (Å²) in [5.74, 6) is 1.23. The molecule has 0 unspecified atom stereocenters. The van der Waals surface area contributed by atoms with Gasteiger partial charge in [0.1, 0.15) is 0 Å². The molecule has 0 saturated carbocycles. The second-order valence-electron chi connectivity index (χ2n) is 4.19. The summed E-state index contributed by atoms with van der Waals surface area (Å²) >= 11 is 3.46. The largest absolute Gasteiger partial charge is 0.477 e. The fourth-order valence-electron chi connectivity index (χ4n) is 1.48. The van der Waals surface area contributed by atoms with Crippen molar-refractivity contribution in [3.05, 3.63) is 34.9 Å². The van der Waals surface area contributed by atoms with Crippen LogP contribution in [0, 0.1) is 5.92 Å². The molecule has 0 bridgehead atoms. The molecule has 3 heteroatoms. The third-order valence-corrected chi connectivity index (χ3v) is 2.74. The smallest absolute Gasteiger partial charge is 0.221 e. The topological polar surface area (TPSA) is 22.1 Å². The van der Waals surface area contributed by atoms with Gasteiger partial charge in [-0.15, -0.1) is 0 Å². The number of rotatable bonds is 3. The van der Waals surface area contributed by atoms with Crippen molar-refractivity contribution in [2.75, 3.05) is 6.61 Å². The van der Waals surface area contributed by atoms with Crippen molar-refractivity contribution in [2.45, 2.75) is 13.8 Å². The lowest BCUT2D eigenvalue weighted by Gasteiger charge is -2.10. The number of benzene rings is 1. The van der Waals surface area contributed by atoms with E-state index in [0.29, 0.717) is 12.5 Å². The van der Waals surface area contributed by atoms with E-state index >= 15 is 0 Å². The molecule has 0 aliphatic carbocycles. The molecular formula is C13H14BrNO. The Balaban J connectivity index is 2.38. The van der Waals surface area contributed by atoms with Crippen LogP contribution in [0.2, 0.25) is 0 Å². The van der Waals surface area contributed by atoms with E-state index in [9.17, 15) is 0 Å². The maximum atomic E-state index is 5.69. The molecule has 0 N–H and O–H groups in total. The van der Waals surface area contributed by atoms with E-state index in [2.05, 4.69) is 40.8 Å². The van der Waals surface area contributed by atoms with Crippen LogP contribution in [-0.4, -0.2) is 11.6 Å². The normalized spacial score (nSPS) is 11.0. The van der Waals surface area contributed by atoms with Gasteiger partial charge in [-0.25, -0.2) is 4.98 Å². The van der Waals surface area contributed by atoms with Crippen molar-refractivity contribution in [2.24, 2.45) is 5.92 Å². The number of nitrogens with zero attached hydrogens (tertiary/aromatic N) is 1. The molecule has 2 nitrogen and oxygen atoms in total. The van der Waals surface area contributed by atoms with Crippen molar-refractivity contribution < 1.29 is 4.74 Å². The summed E-state index contributed by atoms with van der Waals surface area (Å²) in [6.07, 6.45) is 1.78. The van der Waals surface area contributed by atoms with E-state index < -0.39 is 0 Å². The molecule has 1 aromatic carbocycles. The number of hydrogen-bond acceptors (Lipinski definition) is 2. The molecule has 2 rings (SSSR count). The summed E-state index contributed by atoms with van der Waals surface area (Å²) in [5.41, 5.74) is 0. The van der Waals surface area contributed by atoms with E-state index in [1.807, 2.05) is 18.2 Å². The predicted octanol–water partition coefficient (Wildman–Crippen LogP) is 4.03. The Bertz CT molecular complexity index is 496. The van der Waals surface area contributed by atoms with Crippen LogP contribution in [0.1, 0.15) is 13.8 Å². The molecule has 0 saturated heterocycles. The Morgan fingerprint density at radius 2 is 2.12 bits per heavy atom. The van der Waals surface area contributed by atoms with Gasteiger partial charge in [0.05, 0.1) is 6.61 Å². The first-order valence-corrected chi connectivity index (χ1v) is 6.13. The van der Waals surface area contributed by atoms with Crippen LogP contribution in [0.15, 0.2) is 34.9 Å². The molecule has 0 aliphatic rings. The molecule has 0 aliphatic heterocycles. The third kappa shape index (κ3) is 2.53. The number of hydrogen-bond donors (Lipinski definition) is 0. The molecule has 0 radical (unpaired) electrons. The quantitative estimate of drug-likeness (QED) is 0.846. The van der Waals surface area contributed by atoms with Crippen LogP contribution in [0.3, 0.4) is 0 Å². The average molecular weight is 280 g/mol. The standard InChI is InChI=1S/C13H14BrNO/c1-9(2)8-16-13-12-4-3-11(14)7-10(12)5-6-15-13/h3-7,9H,8H2,1-2H3. The number of halogens is 1. The summed E-state index contributed by atoms with van der Waals surface area (Å²) in [5, 5.41) is 2.20. The van der Waals surface area contributed by atoms with Gasteiger partial charge in [-0.2, -0.15) is 0 Å². The van der Waals surface area contributed by atoms with Gasteiger partial charge in [0, 0.05) is 16.1 Å². The van der Waals surface area contributed by atoms with Gasteiger partial charge in [0.2, 0.25) is 5.88 Å². The SMILES string of the molecule is CC(C)COc1nccc2cc(Br)ccc12. The highest BCUT2D eigenvalue weighted by atomic mass is 79.9. The Morgan fingerprint density at radius 3 is 2.88 bits per heavy atom. The van der Waals surface area contributed by atoms with Crippen molar-refractivity contribution in [1.82, 2.24) is 4.98 Å². The minimum Gasteiger partial charge on any atom is -0.477 e. The monoisotopic (exact) mass is 279 g/mol. The van der Waals surface area contributed by atoms with Crippen LogP contribution in [0.25, 0.3) is 10.8 Å². The summed E-state index contributed by atoms with van der Waals surface area (Å²) < 4.78 is 6.76. The lowest BCUT2D eigenvalue weighted by molar-refractivity contribution is 0.264. The van der Waals surface area contributed by atoms with E-state index in [0.717, 1.165) is 21.1 Å². The second-order valence-corrected chi connectivity index (χ2v) is 5.10. The molecule has 2 aromatic rings. The highest BCUT2D eigenvalue weighted by Crippen LogP contribution is 2.26.